The van der Waals surface area contributed by atoms with Gasteiger partial charge in [-0.1, -0.05) is 39.1 Å². The summed E-state index contributed by atoms with van der Waals surface area (Å²) in [6.07, 6.45) is -4.06. The predicted molar refractivity (Wildman–Crippen MR) is 105 cm³/mol. The summed E-state index contributed by atoms with van der Waals surface area (Å²) in [7, 11) is 0. The molecule has 0 aliphatic heterocycles. The van der Waals surface area contributed by atoms with E-state index in [-0.39, 0.29) is 17.3 Å². The van der Waals surface area contributed by atoms with E-state index in [1.54, 1.807) is 12.1 Å². The fourth-order valence-corrected chi connectivity index (χ4v) is 3.29. The van der Waals surface area contributed by atoms with Gasteiger partial charge in [0.2, 0.25) is 0 Å². The minimum absolute atomic E-state index is 0.274. The zero-order valence-corrected chi connectivity index (χ0v) is 17.3. The van der Waals surface area contributed by atoms with E-state index in [0.29, 0.717) is 28.8 Å². The normalized spacial score (nSPS) is 11.5. The molecule has 0 amide bonds. The van der Waals surface area contributed by atoms with E-state index in [9.17, 15) is 13.2 Å². The average molecular weight is 490 g/mol. The molecule has 26 heavy (non-hydrogen) atoms. The largest absolute Gasteiger partial charge is 0.436 e. The molecule has 1 aromatic heterocycles. The van der Waals surface area contributed by atoms with Crippen LogP contribution >= 0.6 is 51.3 Å². The van der Waals surface area contributed by atoms with Crippen LogP contribution in [0.2, 0.25) is 10.0 Å². The molecule has 4 nitrogen and oxygen atoms in total. The lowest BCUT2D eigenvalue weighted by Gasteiger charge is -2.12. The third-order valence-electron chi connectivity index (χ3n) is 3.41. The second-order valence-corrected chi connectivity index (χ2v) is 7.44. The molecule has 142 valence electrons. The Morgan fingerprint density at radius 1 is 1.35 bits per heavy atom. The van der Waals surface area contributed by atoms with Gasteiger partial charge < -0.3 is 10.6 Å². The highest BCUT2D eigenvalue weighted by atomic mass is 79.9. The number of halogens is 6. The molecule has 0 fully saturated rings. The molecule has 0 spiro atoms. The zero-order chi connectivity index (χ0) is 19.5. The van der Waals surface area contributed by atoms with Crippen molar-refractivity contribution in [2.24, 2.45) is 0 Å². The topological polar surface area (TPSA) is 41.9 Å². The second-order valence-electron chi connectivity index (χ2n) is 5.33. The summed E-state index contributed by atoms with van der Waals surface area (Å²) in [6, 6.07) is 5.32. The van der Waals surface area contributed by atoms with Crippen LogP contribution in [0.25, 0.3) is 0 Å². The van der Waals surface area contributed by atoms with Crippen LogP contribution in [0.5, 0.6) is 0 Å². The standard InChI is InChI=1S/C15H14BrCl2F3N4S/c1-8-12(18)13(15(19,20)21)24-25(8)6-2-5-22-14(26)23-11-4-3-9(16)7-10(11)17/h3-4,7H,2,5-6H2,1H3,(H2,22,23,26). The molecule has 11 heteroatoms. The van der Waals surface area contributed by atoms with Gasteiger partial charge in [0.15, 0.2) is 10.8 Å². The van der Waals surface area contributed by atoms with Gasteiger partial charge in [-0.2, -0.15) is 18.3 Å². The number of nitrogens with one attached hydrogen (secondary N) is 2. The van der Waals surface area contributed by atoms with Crippen molar-refractivity contribution in [3.8, 4) is 0 Å². The van der Waals surface area contributed by atoms with E-state index in [4.69, 9.17) is 35.4 Å². The molecule has 1 heterocycles. The smallest absolute Gasteiger partial charge is 0.362 e. The first-order valence-electron chi connectivity index (χ1n) is 7.39. The summed E-state index contributed by atoms with van der Waals surface area (Å²) < 4.78 is 40.5. The molecule has 2 aromatic rings. The van der Waals surface area contributed by atoms with Crippen molar-refractivity contribution in [2.75, 3.05) is 11.9 Å². The number of alkyl halides is 3. The Balaban J connectivity index is 1.84. The minimum Gasteiger partial charge on any atom is -0.362 e. The summed E-state index contributed by atoms with van der Waals surface area (Å²) >= 11 is 20.3. The van der Waals surface area contributed by atoms with Crippen LogP contribution in [0.3, 0.4) is 0 Å². The molecule has 2 N–H and O–H groups in total. The van der Waals surface area contributed by atoms with Gasteiger partial charge >= 0.3 is 6.18 Å². The van der Waals surface area contributed by atoms with Gasteiger partial charge in [0, 0.05) is 17.6 Å². The van der Waals surface area contributed by atoms with E-state index in [1.165, 1.54) is 11.6 Å². The Morgan fingerprint density at radius 3 is 2.62 bits per heavy atom. The van der Waals surface area contributed by atoms with Crippen LogP contribution in [-0.2, 0) is 12.7 Å². The monoisotopic (exact) mass is 488 g/mol. The van der Waals surface area contributed by atoms with Crippen molar-refractivity contribution >= 4 is 62.1 Å². The zero-order valence-electron chi connectivity index (χ0n) is 13.4. The number of thiocarbonyl (C=S) groups is 1. The van der Waals surface area contributed by atoms with Crippen LogP contribution < -0.4 is 10.6 Å². The molecule has 0 atom stereocenters. The van der Waals surface area contributed by atoms with Gasteiger partial charge in [-0.15, -0.1) is 0 Å². The summed E-state index contributed by atoms with van der Waals surface area (Å²) in [5.41, 5.74) is -0.134. The quantitative estimate of drug-likeness (QED) is 0.420. The maximum absolute atomic E-state index is 12.8. The Kier molecular flexibility index (Phi) is 7.18. The van der Waals surface area contributed by atoms with Gasteiger partial charge in [0.1, 0.15) is 0 Å². The highest BCUT2D eigenvalue weighted by Crippen LogP contribution is 2.35. The first-order chi connectivity index (χ1) is 12.1. The molecular weight excluding hydrogens is 476 g/mol. The van der Waals surface area contributed by atoms with Crippen molar-refractivity contribution in [2.45, 2.75) is 26.1 Å². The number of hydrogen-bond acceptors (Lipinski definition) is 2. The Bertz CT molecular complexity index is 811. The molecule has 0 saturated carbocycles. The number of aromatic nitrogens is 2. The SMILES string of the molecule is Cc1c(Cl)c(C(F)(F)F)nn1CCCNC(=S)Nc1ccc(Br)cc1Cl. The number of nitrogens with zero attached hydrogens (tertiary/aromatic N) is 2. The molecule has 0 radical (unpaired) electrons. The molecule has 1 aromatic carbocycles. The fourth-order valence-electron chi connectivity index (χ4n) is 2.11. The van der Waals surface area contributed by atoms with Crippen molar-refractivity contribution in [3.63, 3.8) is 0 Å². The van der Waals surface area contributed by atoms with E-state index in [1.807, 2.05) is 6.07 Å². The average Bonchev–Trinajstić information content (AvgIpc) is 2.82. The van der Waals surface area contributed by atoms with Gasteiger partial charge in [-0.25, -0.2) is 0 Å². The lowest BCUT2D eigenvalue weighted by Crippen LogP contribution is -2.30. The summed E-state index contributed by atoms with van der Waals surface area (Å²) in [5, 5.41) is 9.97. The third-order valence-corrected chi connectivity index (χ3v) is 4.92. The van der Waals surface area contributed by atoms with Crippen molar-refractivity contribution in [1.29, 1.82) is 0 Å². The predicted octanol–water partition coefficient (Wildman–Crippen LogP) is 5.66. The number of aryl methyl sites for hydroxylation is 1. The third kappa shape index (κ3) is 5.48. The van der Waals surface area contributed by atoms with Crippen LogP contribution in [0.1, 0.15) is 17.8 Å². The lowest BCUT2D eigenvalue weighted by molar-refractivity contribution is -0.141. The van der Waals surface area contributed by atoms with Gasteiger partial charge in [0.05, 0.1) is 21.4 Å². The summed E-state index contributed by atoms with van der Waals surface area (Å²) in [5.74, 6) is 0. The van der Waals surface area contributed by atoms with Gasteiger partial charge in [0.25, 0.3) is 0 Å². The number of rotatable bonds is 5. The van der Waals surface area contributed by atoms with Crippen LogP contribution in [0, 0.1) is 6.92 Å². The molecule has 2 rings (SSSR count). The second kappa shape index (κ2) is 8.77. The molecule has 0 aliphatic rings. The van der Waals surface area contributed by atoms with Gasteiger partial charge in [-0.3, -0.25) is 4.68 Å². The van der Waals surface area contributed by atoms with E-state index >= 15 is 0 Å². The number of benzene rings is 1. The van der Waals surface area contributed by atoms with Gasteiger partial charge in [-0.05, 0) is 43.8 Å². The Hall–Kier alpha value is -1.03. The molecular formula is C15H14BrCl2F3N4S. The van der Waals surface area contributed by atoms with Crippen molar-refractivity contribution in [3.05, 3.63) is 44.1 Å². The van der Waals surface area contributed by atoms with Crippen LogP contribution in [0.15, 0.2) is 22.7 Å². The highest BCUT2D eigenvalue weighted by Gasteiger charge is 2.38. The molecule has 0 bridgehead atoms. The van der Waals surface area contributed by atoms with E-state index < -0.39 is 11.9 Å². The fraction of sp³-hybridized carbons (Fsp3) is 0.333. The van der Waals surface area contributed by atoms with E-state index in [0.717, 1.165) is 4.47 Å². The molecule has 0 unspecified atom stereocenters. The summed E-state index contributed by atoms with van der Waals surface area (Å²) in [6.45, 7) is 2.22. The maximum Gasteiger partial charge on any atom is 0.436 e. The first-order valence-corrected chi connectivity index (χ1v) is 9.35. The van der Waals surface area contributed by atoms with Crippen LogP contribution in [0.4, 0.5) is 18.9 Å². The molecule has 0 saturated heterocycles. The van der Waals surface area contributed by atoms with Crippen molar-refractivity contribution in [1.82, 2.24) is 15.1 Å². The van der Waals surface area contributed by atoms with E-state index in [2.05, 4.69) is 31.7 Å². The van der Waals surface area contributed by atoms with Crippen molar-refractivity contribution < 1.29 is 13.2 Å². The lowest BCUT2D eigenvalue weighted by atomic mass is 10.3. The molecule has 0 aliphatic carbocycles. The minimum atomic E-state index is -4.57. The first kappa shape index (κ1) is 21.3. The number of anilines is 1. The van der Waals surface area contributed by atoms with Crippen LogP contribution in [-0.4, -0.2) is 21.4 Å². The number of hydrogen-bond donors (Lipinski definition) is 2. The Morgan fingerprint density at radius 2 is 2.04 bits per heavy atom. The summed E-state index contributed by atoms with van der Waals surface area (Å²) in [4.78, 5) is 0. The Labute approximate surface area is 172 Å². The highest BCUT2D eigenvalue weighted by molar-refractivity contribution is 9.10. The maximum atomic E-state index is 12.8.